The molecule has 2 aromatic carbocycles. The molecule has 0 spiro atoms. The van der Waals surface area contributed by atoms with Gasteiger partial charge in [-0.3, -0.25) is 4.31 Å². The Kier molecular flexibility index (Phi) is 4.76. The molecule has 132 valence electrons. The Morgan fingerprint density at radius 1 is 1.24 bits per heavy atom. The molecule has 1 heterocycles. The van der Waals surface area contributed by atoms with Crippen molar-refractivity contribution in [2.75, 3.05) is 10.8 Å². The van der Waals surface area contributed by atoms with E-state index in [1.165, 1.54) is 6.07 Å². The number of aromatic hydroxyl groups is 1. The predicted octanol–water partition coefficient (Wildman–Crippen LogP) is 0.664. The third-order valence-corrected chi connectivity index (χ3v) is 5.58. The highest BCUT2D eigenvalue weighted by molar-refractivity contribution is 7.91. The van der Waals surface area contributed by atoms with Crippen LogP contribution >= 0.6 is 0 Å². The zero-order valence-electron chi connectivity index (χ0n) is 13.4. The zero-order valence-corrected chi connectivity index (χ0v) is 14.2. The van der Waals surface area contributed by atoms with E-state index in [4.69, 9.17) is 5.73 Å². The van der Waals surface area contributed by atoms with E-state index in [1.54, 1.807) is 6.07 Å². The second-order valence-electron chi connectivity index (χ2n) is 5.89. The van der Waals surface area contributed by atoms with Crippen molar-refractivity contribution in [3.8, 4) is 5.75 Å². The molecule has 0 radical (unpaired) electrons. The van der Waals surface area contributed by atoms with Gasteiger partial charge in [0.15, 0.2) is 0 Å². The average Bonchev–Trinajstić information content (AvgIpc) is 2.89. The van der Waals surface area contributed by atoms with E-state index in [2.05, 4.69) is 4.72 Å². The summed E-state index contributed by atoms with van der Waals surface area (Å²) in [5.41, 5.74) is 8.29. The van der Waals surface area contributed by atoms with Crippen LogP contribution in [0.2, 0.25) is 0 Å². The van der Waals surface area contributed by atoms with Crippen molar-refractivity contribution in [2.45, 2.75) is 19.0 Å². The summed E-state index contributed by atoms with van der Waals surface area (Å²) in [5, 5.41) is 10.5. The monoisotopic (exact) mass is 361 g/mol. The van der Waals surface area contributed by atoms with E-state index < -0.39 is 16.3 Å². The number of carbonyl (C=O) groups is 1. The van der Waals surface area contributed by atoms with E-state index >= 15 is 0 Å². The summed E-state index contributed by atoms with van der Waals surface area (Å²) < 4.78 is 27.7. The van der Waals surface area contributed by atoms with Crippen LogP contribution in [0.4, 0.5) is 5.69 Å². The normalized spacial score (nSPS) is 19.1. The number of phenols is 1. The quantitative estimate of drug-likeness (QED) is 0.677. The first-order valence-corrected chi connectivity index (χ1v) is 9.22. The molecular formula is C17H19N3O4S. The molecular weight excluding hydrogens is 342 g/mol. The number of phenolic OH excluding ortho intramolecular Hbond substituents is 1. The van der Waals surface area contributed by atoms with E-state index in [1.807, 2.05) is 30.3 Å². The Hall–Kier alpha value is -2.42. The van der Waals surface area contributed by atoms with Gasteiger partial charge in [-0.25, -0.2) is 0 Å². The highest BCUT2D eigenvalue weighted by atomic mass is 32.2. The summed E-state index contributed by atoms with van der Waals surface area (Å²) in [6.45, 7) is -0.0201. The SMILES string of the molecule is NCc1cc(Cc2ccccc2)cc(O)c1N1CC(C=O)NS1(=O)=O. The van der Waals surface area contributed by atoms with Crippen molar-refractivity contribution >= 4 is 22.2 Å². The summed E-state index contributed by atoms with van der Waals surface area (Å²) in [5.74, 6) is -0.175. The maximum atomic E-state index is 12.2. The van der Waals surface area contributed by atoms with Gasteiger partial charge in [-0.15, -0.1) is 0 Å². The second kappa shape index (κ2) is 6.83. The van der Waals surface area contributed by atoms with E-state index in [0.29, 0.717) is 18.3 Å². The molecule has 8 heteroatoms. The Bertz CT molecular complexity index is 884. The number of nitrogens with zero attached hydrogens (tertiary/aromatic N) is 1. The van der Waals surface area contributed by atoms with Gasteiger partial charge in [0, 0.05) is 6.54 Å². The smallest absolute Gasteiger partial charge is 0.302 e. The lowest BCUT2D eigenvalue weighted by Gasteiger charge is -2.21. The molecule has 3 rings (SSSR count). The molecule has 1 saturated heterocycles. The number of rotatable bonds is 5. The minimum atomic E-state index is -3.89. The van der Waals surface area contributed by atoms with Gasteiger partial charge >= 0.3 is 10.2 Å². The fraction of sp³-hybridized carbons (Fsp3) is 0.235. The van der Waals surface area contributed by atoms with Crippen LogP contribution in [0.25, 0.3) is 0 Å². The second-order valence-corrected chi connectivity index (χ2v) is 7.51. The summed E-state index contributed by atoms with van der Waals surface area (Å²) in [6.07, 6.45) is 1.12. The highest BCUT2D eigenvalue weighted by Crippen LogP contribution is 2.36. The molecule has 7 nitrogen and oxygen atoms in total. The summed E-state index contributed by atoms with van der Waals surface area (Å²) >= 11 is 0. The Balaban J connectivity index is 2.00. The lowest BCUT2D eigenvalue weighted by Crippen LogP contribution is -2.31. The molecule has 1 fully saturated rings. The average molecular weight is 361 g/mol. The first-order valence-electron chi connectivity index (χ1n) is 7.78. The molecule has 1 atom stereocenters. The number of nitrogens with two attached hydrogens (primary N) is 1. The third kappa shape index (κ3) is 3.51. The van der Waals surface area contributed by atoms with Gasteiger partial charge in [0.1, 0.15) is 12.0 Å². The standard InChI is InChI=1S/C17H19N3O4S/c18-9-14-7-13(6-12-4-2-1-3-5-12)8-16(22)17(14)20-10-15(11-21)19-25(20,23)24/h1-5,7-8,11,15,19,22H,6,9-10,18H2. The van der Waals surface area contributed by atoms with Gasteiger partial charge in [0.05, 0.1) is 18.3 Å². The summed E-state index contributed by atoms with van der Waals surface area (Å²) in [7, 11) is -3.89. The largest absolute Gasteiger partial charge is 0.506 e. The highest BCUT2D eigenvalue weighted by Gasteiger charge is 2.37. The number of nitrogens with one attached hydrogen (secondary N) is 1. The molecule has 0 bridgehead atoms. The summed E-state index contributed by atoms with van der Waals surface area (Å²) in [6, 6.07) is 12.2. The van der Waals surface area contributed by atoms with Crippen molar-refractivity contribution in [1.82, 2.24) is 4.72 Å². The Morgan fingerprint density at radius 3 is 2.56 bits per heavy atom. The number of aldehydes is 1. The third-order valence-electron chi connectivity index (χ3n) is 4.07. The zero-order chi connectivity index (χ0) is 18.0. The van der Waals surface area contributed by atoms with E-state index in [0.717, 1.165) is 15.4 Å². The molecule has 1 unspecified atom stereocenters. The van der Waals surface area contributed by atoms with Crippen LogP contribution in [-0.2, 0) is 28.0 Å². The van der Waals surface area contributed by atoms with Crippen LogP contribution in [-0.4, -0.2) is 32.4 Å². The van der Waals surface area contributed by atoms with Crippen molar-refractivity contribution in [3.05, 3.63) is 59.2 Å². The van der Waals surface area contributed by atoms with Crippen molar-refractivity contribution in [3.63, 3.8) is 0 Å². The molecule has 1 aliphatic heterocycles. The molecule has 0 amide bonds. The number of hydrogen-bond acceptors (Lipinski definition) is 5. The molecule has 0 aliphatic carbocycles. The van der Waals surface area contributed by atoms with Gasteiger partial charge in [0.25, 0.3) is 0 Å². The van der Waals surface area contributed by atoms with E-state index in [9.17, 15) is 18.3 Å². The van der Waals surface area contributed by atoms with Gasteiger partial charge in [-0.1, -0.05) is 36.4 Å². The van der Waals surface area contributed by atoms with Crippen LogP contribution < -0.4 is 14.8 Å². The van der Waals surface area contributed by atoms with Crippen LogP contribution in [0.5, 0.6) is 5.75 Å². The van der Waals surface area contributed by atoms with Crippen LogP contribution in [0.3, 0.4) is 0 Å². The molecule has 2 aromatic rings. The lowest BCUT2D eigenvalue weighted by atomic mass is 10.0. The van der Waals surface area contributed by atoms with Crippen LogP contribution in [0.1, 0.15) is 16.7 Å². The molecule has 25 heavy (non-hydrogen) atoms. The fourth-order valence-electron chi connectivity index (χ4n) is 2.97. The first kappa shape index (κ1) is 17.4. The number of hydrogen-bond donors (Lipinski definition) is 3. The summed E-state index contributed by atoms with van der Waals surface area (Å²) in [4.78, 5) is 10.9. The van der Waals surface area contributed by atoms with Gasteiger partial charge in [0.2, 0.25) is 0 Å². The lowest BCUT2D eigenvalue weighted by molar-refractivity contribution is -0.108. The van der Waals surface area contributed by atoms with Gasteiger partial charge in [-0.05, 0) is 29.2 Å². The van der Waals surface area contributed by atoms with Gasteiger partial charge in [-0.2, -0.15) is 13.1 Å². The van der Waals surface area contributed by atoms with Gasteiger partial charge < -0.3 is 15.6 Å². The van der Waals surface area contributed by atoms with Crippen LogP contribution in [0, 0.1) is 0 Å². The van der Waals surface area contributed by atoms with Crippen LogP contribution in [0.15, 0.2) is 42.5 Å². The topological polar surface area (TPSA) is 113 Å². The minimum absolute atomic E-state index is 0.0588. The minimum Gasteiger partial charge on any atom is -0.506 e. The number of carbonyl (C=O) groups excluding carboxylic acids is 1. The molecule has 1 aliphatic rings. The fourth-order valence-corrected chi connectivity index (χ4v) is 4.42. The molecule has 0 saturated carbocycles. The van der Waals surface area contributed by atoms with Crippen molar-refractivity contribution in [2.24, 2.45) is 5.73 Å². The number of benzene rings is 2. The maximum Gasteiger partial charge on any atom is 0.302 e. The molecule has 4 N–H and O–H groups in total. The predicted molar refractivity (Wildman–Crippen MR) is 94.5 cm³/mol. The number of anilines is 1. The Labute approximate surface area is 146 Å². The van der Waals surface area contributed by atoms with Crippen molar-refractivity contribution < 1.29 is 18.3 Å². The molecule has 0 aromatic heterocycles. The van der Waals surface area contributed by atoms with E-state index in [-0.39, 0.29) is 24.5 Å². The maximum absolute atomic E-state index is 12.2. The van der Waals surface area contributed by atoms with Crippen molar-refractivity contribution in [1.29, 1.82) is 0 Å². The first-order chi connectivity index (χ1) is 11.9. The Morgan fingerprint density at radius 2 is 1.96 bits per heavy atom.